The third-order valence-corrected chi connectivity index (χ3v) is 2.85. The topological polar surface area (TPSA) is 26.0 Å². The van der Waals surface area contributed by atoms with Gasteiger partial charge in [0.05, 0.1) is 4.34 Å². The van der Waals surface area contributed by atoms with E-state index in [0.29, 0.717) is 5.92 Å². The van der Waals surface area contributed by atoms with Crippen LogP contribution in [0.2, 0.25) is 4.34 Å². The highest BCUT2D eigenvalue weighted by molar-refractivity contribution is 7.14. The van der Waals surface area contributed by atoms with Crippen LogP contribution in [-0.4, -0.2) is 0 Å². The van der Waals surface area contributed by atoms with Crippen LogP contribution in [0, 0.1) is 5.92 Å². The van der Waals surface area contributed by atoms with Gasteiger partial charge in [0.2, 0.25) is 0 Å². The van der Waals surface area contributed by atoms with Gasteiger partial charge in [0.25, 0.3) is 0 Å². The van der Waals surface area contributed by atoms with Crippen LogP contribution in [0.25, 0.3) is 0 Å². The maximum Gasteiger partial charge on any atom is 0.0931 e. The molecule has 0 saturated carbocycles. The van der Waals surface area contributed by atoms with Gasteiger partial charge >= 0.3 is 0 Å². The number of hydrogen-bond donors (Lipinski definition) is 1. The molecular weight excluding hydrogens is 190 g/mol. The molecule has 1 aromatic heterocycles. The Morgan fingerprint density at radius 3 is 2.67 bits per heavy atom. The van der Waals surface area contributed by atoms with Crippen LogP contribution in [0.1, 0.15) is 31.9 Å². The van der Waals surface area contributed by atoms with Crippen LogP contribution in [0.4, 0.5) is 0 Å². The summed E-state index contributed by atoms with van der Waals surface area (Å²) in [5.74, 6) is 0.638. The lowest BCUT2D eigenvalue weighted by Crippen LogP contribution is -2.11. The first-order chi connectivity index (χ1) is 5.59. The number of rotatable bonds is 3. The third-order valence-electron chi connectivity index (χ3n) is 1.74. The van der Waals surface area contributed by atoms with Crippen LogP contribution in [0.3, 0.4) is 0 Å². The minimum Gasteiger partial charge on any atom is -0.324 e. The zero-order chi connectivity index (χ0) is 9.14. The van der Waals surface area contributed by atoms with Crippen molar-refractivity contribution in [1.82, 2.24) is 0 Å². The van der Waals surface area contributed by atoms with Crippen molar-refractivity contribution in [1.29, 1.82) is 0 Å². The fraction of sp³-hybridized carbons (Fsp3) is 0.556. The van der Waals surface area contributed by atoms with E-state index in [9.17, 15) is 0 Å². The van der Waals surface area contributed by atoms with E-state index in [1.807, 2.05) is 11.4 Å². The maximum absolute atomic E-state index is 5.96. The molecule has 1 heterocycles. The first kappa shape index (κ1) is 10.0. The molecule has 1 unspecified atom stereocenters. The Balaban J connectivity index is 2.58. The van der Waals surface area contributed by atoms with Crippen molar-refractivity contribution in [3.63, 3.8) is 0 Å². The van der Waals surface area contributed by atoms with Crippen molar-refractivity contribution in [3.8, 4) is 0 Å². The predicted molar refractivity (Wildman–Crippen MR) is 55.7 cm³/mol. The summed E-state index contributed by atoms with van der Waals surface area (Å²) in [6, 6.07) is 2.10. The summed E-state index contributed by atoms with van der Waals surface area (Å²) < 4.78 is 0.823. The van der Waals surface area contributed by atoms with Gasteiger partial charge in [0.15, 0.2) is 0 Å². The molecule has 0 radical (unpaired) electrons. The van der Waals surface area contributed by atoms with Crippen LogP contribution in [-0.2, 0) is 0 Å². The Hall–Kier alpha value is -0.0500. The second-order valence-electron chi connectivity index (χ2n) is 3.42. The van der Waals surface area contributed by atoms with Gasteiger partial charge in [-0.1, -0.05) is 25.4 Å². The molecule has 1 rings (SSSR count). The Kier molecular flexibility index (Phi) is 3.56. The number of hydrogen-bond acceptors (Lipinski definition) is 2. The lowest BCUT2D eigenvalue weighted by molar-refractivity contribution is 0.511. The fourth-order valence-corrected chi connectivity index (χ4v) is 2.12. The van der Waals surface area contributed by atoms with Crippen molar-refractivity contribution < 1.29 is 0 Å². The summed E-state index contributed by atoms with van der Waals surface area (Å²) in [5.41, 5.74) is 7.12. The fourth-order valence-electron chi connectivity index (χ4n) is 1.16. The number of thiophene rings is 1. The predicted octanol–water partition coefficient (Wildman–Crippen LogP) is 3.45. The van der Waals surface area contributed by atoms with Crippen LogP contribution in [0.5, 0.6) is 0 Å². The Bertz CT molecular complexity index is 244. The summed E-state index contributed by atoms with van der Waals surface area (Å²) in [6.07, 6.45) is 1.02. The van der Waals surface area contributed by atoms with Gasteiger partial charge in [-0.15, -0.1) is 11.3 Å². The van der Waals surface area contributed by atoms with E-state index in [-0.39, 0.29) is 6.04 Å². The molecule has 0 fully saturated rings. The lowest BCUT2D eigenvalue weighted by atomic mass is 10.0. The van der Waals surface area contributed by atoms with Crippen molar-refractivity contribution in [2.45, 2.75) is 26.3 Å². The van der Waals surface area contributed by atoms with E-state index >= 15 is 0 Å². The largest absolute Gasteiger partial charge is 0.324 e. The van der Waals surface area contributed by atoms with Gasteiger partial charge in [-0.25, -0.2) is 0 Å². The van der Waals surface area contributed by atoms with Gasteiger partial charge in [0.1, 0.15) is 0 Å². The van der Waals surface area contributed by atoms with Crippen molar-refractivity contribution in [2.24, 2.45) is 11.7 Å². The van der Waals surface area contributed by atoms with E-state index in [4.69, 9.17) is 17.3 Å². The molecule has 0 aliphatic heterocycles. The molecule has 0 aliphatic rings. The standard InChI is InChI=1S/C9H14ClNS/c1-6(2)3-8(11)7-4-9(10)12-5-7/h4-6,8H,3,11H2,1-2H3. The van der Waals surface area contributed by atoms with Gasteiger partial charge in [-0.2, -0.15) is 0 Å². The first-order valence-corrected chi connectivity index (χ1v) is 5.35. The monoisotopic (exact) mass is 203 g/mol. The molecule has 1 aromatic rings. The van der Waals surface area contributed by atoms with Gasteiger partial charge < -0.3 is 5.73 Å². The van der Waals surface area contributed by atoms with E-state index in [1.54, 1.807) is 11.3 Å². The second-order valence-corrected chi connectivity index (χ2v) is 4.96. The van der Waals surface area contributed by atoms with Gasteiger partial charge in [-0.05, 0) is 29.3 Å². The molecule has 0 amide bonds. The quantitative estimate of drug-likeness (QED) is 0.800. The Morgan fingerprint density at radius 1 is 1.58 bits per heavy atom. The minimum atomic E-state index is 0.147. The van der Waals surface area contributed by atoms with Gasteiger partial charge in [0, 0.05) is 6.04 Å². The SMILES string of the molecule is CC(C)CC(N)c1csc(Cl)c1. The molecule has 0 aliphatic carbocycles. The molecule has 3 heteroatoms. The van der Waals surface area contributed by atoms with Crippen LogP contribution < -0.4 is 5.73 Å². The maximum atomic E-state index is 5.96. The molecule has 2 N–H and O–H groups in total. The van der Waals surface area contributed by atoms with Crippen molar-refractivity contribution in [3.05, 3.63) is 21.3 Å². The molecule has 12 heavy (non-hydrogen) atoms. The molecule has 0 aromatic carbocycles. The molecule has 1 nitrogen and oxygen atoms in total. The van der Waals surface area contributed by atoms with E-state index in [2.05, 4.69) is 13.8 Å². The van der Waals surface area contributed by atoms with E-state index < -0.39 is 0 Å². The zero-order valence-electron chi connectivity index (χ0n) is 7.38. The molecule has 1 atom stereocenters. The minimum absolute atomic E-state index is 0.147. The highest BCUT2D eigenvalue weighted by Crippen LogP contribution is 2.26. The average molecular weight is 204 g/mol. The summed E-state index contributed by atoms with van der Waals surface area (Å²) >= 11 is 7.35. The van der Waals surface area contributed by atoms with Crippen molar-refractivity contribution in [2.75, 3.05) is 0 Å². The number of halogens is 1. The normalized spacial score (nSPS) is 13.8. The summed E-state index contributed by atoms with van der Waals surface area (Å²) in [6.45, 7) is 4.35. The Labute approximate surface area is 82.5 Å². The second kappa shape index (κ2) is 4.26. The van der Waals surface area contributed by atoms with E-state index in [1.165, 1.54) is 5.56 Å². The third kappa shape index (κ3) is 2.77. The van der Waals surface area contributed by atoms with Gasteiger partial charge in [-0.3, -0.25) is 0 Å². The zero-order valence-corrected chi connectivity index (χ0v) is 8.95. The smallest absolute Gasteiger partial charge is 0.0931 e. The van der Waals surface area contributed by atoms with Crippen LogP contribution in [0.15, 0.2) is 11.4 Å². The highest BCUT2D eigenvalue weighted by Gasteiger charge is 2.09. The summed E-state index contributed by atoms with van der Waals surface area (Å²) in [4.78, 5) is 0. The summed E-state index contributed by atoms with van der Waals surface area (Å²) in [5, 5.41) is 2.04. The average Bonchev–Trinajstić information content (AvgIpc) is 2.34. The molecule has 68 valence electrons. The molecule has 0 spiro atoms. The highest BCUT2D eigenvalue weighted by atomic mass is 35.5. The summed E-state index contributed by atoms with van der Waals surface area (Å²) in [7, 11) is 0. The number of nitrogens with two attached hydrogens (primary N) is 1. The van der Waals surface area contributed by atoms with E-state index in [0.717, 1.165) is 10.8 Å². The molecule has 0 bridgehead atoms. The molecular formula is C9H14ClNS. The van der Waals surface area contributed by atoms with Crippen molar-refractivity contribution >= 4 is 22.9 Å². The lowest BCUT2D eigenvalue weighted by Gasteiger charge is -2.11. The first-order valence-electron chi connectivity index (χ1n) is 4.09. The molecule has 0 saturated heterocycles. The Morgan fingerprint density at radius 2 is 2.25 bits per heavy atom. The van der Waals surface area contributed by atoms with Crippen LogP contribution >= 0.6 is 22.9 Å².